The molecule has 5 heteroatoms. The number of ether oxygens (including phenoxy) is 1. The lowest BCUT2D eigenvalue weighted by Crippen LogP contribution is -2.51. The number of fused-ring (bicyclic) bond motifs is 2. The van der Waals surface area contributed by atoms with Gasteiger partial charge in [-0.05, 0) is 43.0 Å². The number of nitrogens with zero attached hydrogens (tertiary/aromatic N) is 1. The van der Waals surface area contributed by atoms with Gasteiger partial charge >= 0.3 is 5.97 Å². The van der Waals surface area contributed by atoms with Crippen LogP contribution in [0.4, 0.5) is 0 Å². The SMILES string of the molecule is CCCN1C[C@H](C(=O)O)C[C@@H]2c3cccc4[nH]c(COC)c(c34)C[C@H]21. The maximum atomic E-state index is 11.7. The Labute approximate surface area is 148 Å². The van der Waals surface area contributed by atoms with E-state index in [-0.39, 0.29) is 5.92 Å². The molecular formula is C20H26N2O3. The van der Waals surface area contributed by atoms with Crippen LogP contribution in [0.2, 0.25) is 0 Å². The van der Waals surface area contributed by atoms with Crippen LogP contribution in [-0.2, 0) is 22.6 Å². The molecule has 1 saturated heterocycles. The van der Waals surface area contributed by atoms with E-state index in [1.54, 1.807) is 7.11 Å². The molecule has 0 spiro atoms. The van der Waals surface area contributed by atoms with Gasteiger partial charge in [-0.3, -0.25) is 9.69 Å². The van der Waals surface area contributed by atoms with Crippen molar-refractivity contribution in [3.8, 4) is 0 Å². The molecule has 4 rings (SSSR count). The largest absolute Gasteiger partial charge is 0.481 e. The van der Waals surface area contributed by atoms with Crippen LogP contribution in [0.15, 0.2) is 18.2 Å². The minimum absolute atomic E-state index is 0.276. The predicted molar refractivity (Wildman–Crippen MR) is 96.9 cm³/mol. The molecule has 1 aromatic carbocycles. The predicted octanol–water partition coefficient (Wildman–Crippen LogP) is 3.14. The van der Waals surface area contributed by atoms with E-state index in [4.69, 9.17) is 4.74 Å². The van der Waals surface area contributed by atoms with Gasteiger partial charge in [-0.2, -0.15) is 0 Å². The van der Waals surface area contributed by atoms with Crippen molar-refractivity contribution in [1.82, 2.24) is 9.88 Å². The first kappa shape index (κ1) is 16.6. The summed E-state index contributed by atoms with van der Waals surface area (Å²) in [7, 11) is 1.73. The second kappa shape index (κ2) is 6.46. The highest BCUT2D eigenvalue weighted by Gasteiger charge is 2.43. The third-order valence-corrected chi connectivity index (χ3v) is 5.94. The Morgan fingerprint density at radius 1 is 1.44 bits per heavy atom. The van der Waals surface area contributed by atoms with E-state index in [0.717, 1.165) is 31.3 Å². The number of rotatable bonds is 5. The van der Waals surface area contributed by atoms with Gasteiger partial charge in [0.25, 0.3) is 0 Å². The molecule has 0 saturated carbocycles. The summed E-state index contributed by atoms with van der Waals surface area (Å²) in [4.78, 5) is 17.6. The molecule has 1 aliphatic carbocycles. The fraction of sp³-hybridized carbons (Fsp3) is 0.550. The highest BCUT2D eigenvalue weighted by Crippen LogP contribution is 2.45. The molecule has 2 N–H and O–H groups in total. The number of piperidine rings is 1. The number of carbonyl (C=O) groups is 1. The first-order chi connectivity index (χ1) is 12.1. The highest BCUT2D eigenvalue weighted by atomic mass is 16.5. The molecule has 134 valence electrons. The molecule has 0 radical (unpaired) electrons. The smallest absolute Gasteiger partial charge is 0.307 e. The van der Waals surface area contributed by atoms with Gasteiger partial charge in [0.15, 0.2) is 0 Å². The minimum Gasteiger partial charge on any atom is -0.481 e. The molecule has 0 bridgehead atoms. The number of hydrogen-bond acceptors (Lipinski definition) is 3. The summed E-state index contributed by atoms with van der Waals surface area (Å²) in [6, 6.07) is 6.79. The average molecular weight is 342 g/mol. The van der Waals surface area contributed by atoms with Gasteiger partial charge in [-0.15, -0.1) is 0 Å². The third-order valence-electron chi connectivity index (χ3n) is 5.94. The Kier molecular flexibility index (Phi) is 4.29. The summed E-state index contributed by atoms with van der Waals surface area (Å²) >= 11 is 0. The monoisotopic (exact) mass is 342 g/mol. The van der Waals surface area contributed by atoms with E-state index in [9.17, 15) is 9.90 Å². The number of hydrogen-bond donors (Lipinski definition) is 2. The molecule has 1 aromatic heterocycles. The Morgan fingerprint density at radius 2 is 2.28 bits per heavy atom. The number of aliphatic carboxylic acids is 1. The molecule has 2 aromatic rings. The zero-order valence-electron chi connectivity index (χ0n) is 14.9. The van der Waals surface area contributed by atoms with E-state index in [1.165, 1.54) is 22.2 Å². The van der Waals surface area contributed by atoms with Crippen molar-refractivity contribution in [3.05, 3.63) is 35.0 Å². The summed E-state index contributed by atoms with van der Waals surface area (Å²) < 4.78 is 5.40. The molecular weight excluding hydrogens is 316 g/mol. The summed E-state index contributed by atoms with van der Waals surface area (Å²) in [6.07, 6.45) is 2.76. The Bertz CT molecular complexity index is 798. The van der Waals surface area contributed by atoms with Crippen molar-refractivity contribution in [1.29, 1.82) is 0 Å². The van der Waals surface area contributed by atoms with Gasteiger partial charge in [0, 0.05) is 42.2 Å². The van der Waals surface area contributed by atoms with E-state index in [2.05, 4.69) is 35.0 Å². The Hall–Kier alpha value is -1.85. The van der Waals surface area contributed by atoms with Gasteiger partial charge in [-0.1, -0.05) is 19.1 Å². The second-order valence-electron chi connectivity index (χ2n) is 7.43. The lowest BCUT2D eigenvalue weighted by molar-refractivity contribution is -0.144. The zero-order valence-corrected chi connectivity index (χ0v) is 14.9. The quantitative estimate of drug-likeness (QED) is 0.876. The minimum atomic E-state index is -0.660. The van der Waals surface area contributed by atoms with Crippen LogP contribution >= 0.6 is 0 Å². The first-order valence-electron chi connectivity index (χ1n) is 9.22. The summed E-state index contributed by atoms with van der Waals surface area (Å²) in [6.45, 7) is 4.38. The number of methoxy groups -OCH3 is 1. The lowest BCUT2D eigenvalue weighted by Gasteiger charge is -2.46. The van der Waals surface area contributed by atoms with Crippen LogP contribution in [0.1, 0.15) is 42.5 Å². The van der Waals surface area contributed by atoms with Gasteiger partial charge in [0.1, 0.15) is 0 Å². The summed E-state index contributed by atoms with van der Waals surface area (Å²) in [5, 5.41) is 10.9. The first-order valence-corrected chi connectivity index (χ1v) is 9.22. The lowest BCUT2D eigenvalue weighted by atomic mass is 9.72. The fourth-order valence-electron chi connectivity index (χ4n) is 4.95. The number of H-pyrrole nitrogens is 1. The van der Waals surface area contributed by atoms with Crippen LogP contribution in [0.5, 0.6) is 0 Å². The maximum Gasteiger partial charge on any atom is 0.307 e. The molecule has 2 heterocycles. The van der Waals surface area contributed by atoms with Crippen molar-refractivity contribution in [3.63, 3.8) is 0 Å². The maximum absolute atomic E-state index is 11.7. The molecule has 1 aliphatic heterocycles. The number of nitrogens with one attached hydrogen (secondary N) is 1. The number of likely N-dealkylation sites (tertiary alicyclic amines) is 1. The van der Waals surface area contributed by atoms with Crippen LogP contribution in [0, 0.1) is 5.92 Å². The Morgan fingerprint density at radius 3 is 3.00 bits per heavy atom. The molecule has 3 atom stereocenters. The number of benzene rings is 1. The topological polar surface area (TPSA) is 65.6 Å². The summed E-state index contributed by atoms with van der Waals surface area (Å²) in [5.41, 5.74) is 5.00. The van der Waals surface area contributed by atoms with Gasteiger partial charge in [0.2, 0.25) is 0 Å². The van der Waals surface area contributed by atoms with E-state index in [1.807, 2.05) is 0 Å². The van der Waals surface area contributed by atoms with Crippen molar-refractivity contribution in [2.45, 2.75) is 44.8 Å². The summed E-state index contributed by atoms with van der Waals surface area (Å²) in [5.74, 6) is -0.641. The molecule has 2 aliphatic rings. The molecule has 1 fully saturated rings. The van der Waals surface area contributed by atoms with E-state index >= 15 is 0 Å². The number of aromatic amines is 1. The van der Waals surface area contributed by atoms with Crippen LogP contribution < -0.4 is 0 Å². The average Bonchev–Trinajstić information content (AvgIpc) is 2.95. The highest BCUT2D eigenvalue weighted by molar-refractivity contribution is 5.90. The van der Waals surface area contributed by atoms with Crippen molar-refractivity contribution < 1.29 is 14.6 Å². The van der Waals surface area contributed by atoms with Crippen LogP contribution in [0.3, 0.4) is 0 Å². The van der Waals surface area contributed by atoms with Gasteiger partial charge in [-0.25, -0.2) is 0 Å². The Balaban J connectivity index is 1.82. The van der Waals surface area contributed by atoms with Crippen LogP contribution in [0.25, 0.3) is 10.9 Å². The van der Waals surface area contributed by atoms with Gasteiger partial charge in [0.05, 0.1) is 12.5 Å². The fourth-order valence-corrected chi connectivity index (χ4v) is 4.95. The van der Waals surface area contributed by atoms with E-state index < -0.39 is 5.97 Å². The van der Waals surface area contributed by atoms with Crippen molar-refractivity contribution in [2.75, 3.05) is 20.2 Å². The third kappa shape index (κ3) is 2.66. The molecule has 0 amide bonds. The van der Waals surface area contributed by atoms with Gasteiger partial charge < -0.3 is 14.8 Å². The number of carboxylic acid groups (broad SMARTS) is 1. The number of carboxylic acids is 1. The van der Waals surface area contributed by atoms with Crippen molar-refractivity contribution >= 4 is 16.9 Å². The van der Waals surface area contributed by atoms with Crippen molar-refractivity contribution in [2.24, 2.45) is 5.92 Å². The second-order valence-corrected chi connectivity index (χ2v) is 7.43. The normalized spacial score (nSPS) is 25.9. The molecule has 5 nitrogen and oxygen atoms in total. The zero-order chi connectivity index (χ0) is 17.6. The van der Waals surface area contributed by atoms with Crippen LogP contribution in [-0.4, -0.2) is 47.2 Å². The van der Waals surface area contributed by atoms with E-state index in [0.29, 0.717) is 25.1 Å². The standard InChI is InChI=1S/C20H26N2O3/c1-3-7-22-10-12(20(23)24)8-14-13-5-4-6-16-19(13)15(9-18(14)22)17(21-16)11-25-2/h4-6,12,14,18,21H,3,7-11H2,1-2H3,(H,23,24)/t12-,14-,18-/m1/s1. The molecule has 25 heavy (non-hydrogen) atoms. The number of aromatic nitrogens is 1. The molecule has 0 unspecified atom stereocenters.